The summed E-state index contributed by atoms with van der Waals surface area (Å²) in [5.41, 5.74) is 8.87. The highest BCUT2D eigenvalue weighted by Crippen LogP contribution is 2.39. The monoisotopic (exact) mass is 733 g/mol. The zero-order chi connectivity index (χ0) is 38.3. The Balaban J connectivity index is 1.20. The fraction of sp³-hybridized carbons (Fsp3) is 0.0769. The summed E-state index contributed by atoms with van der Waals surface area (Å²) in [7, 11) is 0. The molecule has 0 aliphatic carbocycles. The van der Waals surface area contributed by atoms with Crippen LogP contribution in [0.1, 0.15) is 26.3 Å². The van der Waals surface area contributed by atoms with Crippen LogP contribution in [0.15, 0.2) is 167 Å². The molecule has 5 nitrogen and oxygen atoms in total. The highest BCUT2D eigenvalue weighted by Gasteiger charge is 2.24. The number of rotatable bonds is 2. The van der Waals surface area contributed by atoms with Gasteiger partial charge in [-0.3, -0.25) is 9.59 Å². The topological polar surface area (TPSA) is 48.4 Å². The smallest absolute Gasteiger partial charge is 0.197 e. The Hall–Kier alpha value is -7.24. The second kappa shape index (κ2) is 11.2. The van der Waals surface area contributed by atoms with E-state index in [0.29, 0.717) is 27.1 Å². The Morgan fingerprint density at radius 1 is 0.386 bits per heavy atom. The SMILES string of the molecule is CC(C)(C)c1cc2c(=O)c3cc(-n4c5ccccc5c5ccccc54)ccc3n3c4ccc(-n5c6ccccc6c6c7ccccc7ccc65)cc4c(=O)c(c1)c23. The van der Waals surface area contributed by atoms with E-state index >= 15 is 0 Å². The van der Waals surface area contributed by atoms with Gasteiger partial charge in [0.25, 0.3) is 0 Å². The second-order valence-electron chi connectivity index (χ2n) is 16.5. The minimum atomic E-state index is -0.296. The Kier molecular flexibility index (Phi) is 6.28. The lowest BCUT2D eigenvalue weighted by Gasteiger charge is -2.22. The van der Waals surface area contributed by atoms with Crippen LogP contribution in [0.3, 0.4) is 0 Å². The van der Waals surface area contributed by atoms with Crippen LogP contribution < -0.4 is 10.9 Å². The molecular weight excluding hydrogens is 699 g/mol. The van der Waals surface area contributed by atoms with E-state index in [2.05, 4.69) is 168 Å². The standard InChI is InChI=1S/C52H35N3O2/c1-52(2,3)31-26-40-49-41(27-31)51(57)39-29-33(54-44-19-11-8-16-37(44)48-34-13-5-4-12-30(34)20-23-47(48)54)22-25-46(39)55(49)45-24-21-32(28-38(45)50(40)56)53-42-17-9-6-14-35(42)36-15-7-10-18-43(36)53/h4-29H,1-3H3. The van der Waals surface area contributed by atoms with Gasteiger partial charge in [0.1, 0.15) is 0 Å². The van der Waals surface area contributed by atoms with Crippen LogP contribution in [0.2, 0.25) is 0 Å². The normalized spacial score (nSPS) is 12.6. The molecule has 5 heteroatoms. The molecule has 4 aromatic heterocycles. The fourth-order valence-electron chi connectivity index (χ4n) is 9.61. The lowest BCUT2D eigenvalue weighted by Crippen LogP contribution is -2.18. The van der Waals surface area contributed by atoms with E-state index < -0.39 is 0 Å². The highest BCUT2D eigenvalue weighted by molar-refractivity contribution is 6.21. The second-order valence-corrected chi connectivity index (χ2v) is 16.5. The van der Waals surface area contributed by atoms with E-state index in [0.717, 1.165) is 60.8 Å². The van der Waals surface area contributed by atoms with Gasteiger partial charge in [-0.05, 0) is 94.5 Å². The minimum Gasteiger partial charge on any atom is -0.309 e. The van der Waals surface area contributed by atoms with Crippen molar-refractivity contribution in [2.24, 2.45) is 0 Å². The fourth-order valence-corrected chi connectivity index (χ4v) is 9.61. The van der Waals surface area contributed by atoms with Crippen molar-refractivity contribution in [3.8, 4) is 11.4 Å². The van der Waals surface area contributed by atoms with Crippen molar-refractivity contribution in [2.75, 3.05) is 0 Å². The Bertz CT molecular complexity index is 3790. The van der Waals surface area contributed by atoms with Gasteiger partial charge in [-0.1, -0.05) is 106 Å². The molecule has 0 aliphatic rings. The molecule has 4 heterocycles. The first-order valence-corrected chi connectivity index (χ1v) is 19.5. The summed E-state index contributed by atoms with van der Waals surface area (Å²) in [5, 5.41) is 9.41. The van der Waals surface area contributed by atoms with Crippen LogP contribution in [0, 0.1) is 0 Å². The van der Waals surface area contributed by atoms with Gasteiger partial charge in [0.05, 0.1) is 38.6 Å². The molecule has 0 unspecified atom stereocenters. The molecule has 57 heavy (non-hydrogen) atoms. The number of nitrogens with zero attached hydrogens (tertiary/aromatic N) is 3. The molecule has 12 rings (SSSR count). The average Bonchev–Trinajstić information content (AvgIpc) is 3.76. The molecule has 0 bridgehead atoms. The third-order valence-corrected chi connectivity index (χ3v) is 12.3. The number of pyridine rings is 2. The van der Waals surface area contributed by atoms with Crippen LogP contribution in [0.5, 0.6) is 0 Å². The van der Waals surface area contributed by atoms with Crippen molar-refractivity contribution < 1.29 is 0 Å². The van der Waals surface area contributed by atoms with Gasteiger partial charge < -0.3 is 13.5 Å². The molecule has 0 saturated carbocycles. The number of fused-ring (bicyclic) bond motifs is 12. The van der Waals surface area contributed by atoms with E-state index in [1.807, 2.05) is 24.3 Å². The van der Waals surface area contributed by atoms with Crippen molar-refractivity contribution >= 4 is 92.5 Å². The maximum atomic E-state index is 15.0. The summed E-state index contributed by atoms with van der Waals surface area (Å²) in [4.78, 5) is 29.9. The summed E-state index contributed by atoms with van der Waals surface area (Å²) in [6.07, 6.45) is 0. The van der Waals surface area contributed by atoms with Gasteiger partial charge in [-0.15, -0.1) is 0 Å². The minimum absolute atomic E-state index is 0.0726. The summed E-state index contributed by atoms with van der Waals surface area (Å²) < 4.78 is 6.69. The first-order chi connectivity index (χ1) is 27.8. The van der Waals surface area contributed by atoms with Crippen molar-refractivity contribution in [1.29, 1.82) is 0 Å². The molecule has 0 spiro atoms. The van der Waals surface area contributed by atoms with Gasteiger partial charge in [0, 0.05) is 54.5 Å². The molecule has 0 aliphatic heterocycles. The predicted molar refractivity (Wildman–Crippen MR) is 239 cm³/mol. The zero-order valence-electron chi connectivity index (χ0n) is 31.7. The van der Waals surface area contributed by atoms with E-state index in [1.165, 1.54) is 21.5 Å². The van der Waals surface area contributed by atoms with Gasteiger partial charge >= 0.3 is 0 Å². The lowest BCUT2D eigenvalue weighted by molar-refractivity contribution is 0.591. The van der Waals surface area contributed by atoms with Gasteiger partial charge in [-0.25, -0.2) is 0 Å². The van der Waals surface area contributed by atoms with Gasteiger partial charge in [0.15, 0.2) is 10.9 Å². The van der Waals surface area contributed by atoms with Crippen LogP contribution in [0.25, 0.3) is 104 Å². The summed E-state index contributed by atoms with van der Waals surface area (Å²) in [6.45, 7) is 6.39. The predicted octanol–water partition coefficient (Wildman–Crippen LogP) is 12.2. The molecule has 0 radical (unpaired) electrons. The van der Waals surface area contributed by atoms with Gasteiger partial charge in [0.2, 0.25) is 0 Å². The quantitative estimate of drug-likeness (QED) is 0.131. The molecule has 0 fully saturated rings. The first-order valence-electron chi connectivity index (χ1n) is 19.5. The molecule has 0 N–H and O–H groups in total. The number of aromatic nitrogens is 3. The maximum absolute atomic E-state index is 15.0. The third kappa shape index (κ3) is 4.28. The number of para-hydroxylation sites is 3. The maximum Gasteiger partial charge on any atom is 0.197 e. The van der Waals surface area contributed by atoms with Crippen LogP contribution in [0.4, 0.5) is 0 Å². The molecule has 270 valence electrons. The third-order valence-electron chi connectivity index (χ3n) is 12.3. The molecule has 0 saturated heterocycles. The van der Waals surface area contributed by atoms with Crippen molar-refractivity contribution in [1.82, 2.24) is 13.5 Å². The Morgan fingerprint density at radius 2 is 0.842 bits per heavy atom. The van der Waals surface area contributed by atoms with Crippen molar-refractivity contribution in [3.05, 3.63) is 184 Å². The zero-order valence-corrected chi connectivity index (χ0v) is 31.7. The summed E-state index contributed by atoms with van der Waals surface area (Å²) in [5.74, 6) is 0. The van der Waals surface area contributed by atoms with Crippen molar-refractivity contribution in [3.63, 3.8) is 0 Å². The summed E-state index contributed by atoms with van der Waals surface area (Å²) >= 11 is 0. The molecule has 0 amide bonds. The van der Waals surface area contributed by atoms with Crippen LogP contribution in [-0.4, -0.2) is 13.5 Å². The Morgan fingerprint density at radius 3 is 1.40 bits per heavy atom. The van der Waals surface area contributed by atoms with E-state index in [9.17, 15) is 9.59 Å². The van der Waals surface area contributed by atoms with E-state index in [-0.39, 0.29) is 16.3 Å². The van der Waals surface area contributed by atoms with E-state index in [1.54, 1.807) is 0 Å². The molecule has 12 aromatic rings. The molecular formula is C52H35N3O2. The van der Waals surface area contributed by atoms with Gasteiger partial charge in [-0.2, -0.15) is 0 Å². The number of benzene rings is 8. The molecule has 8 aromatic carbocycles. The first kappa shape index (κ1) is 32.0. The lowest BCUT2D eigenvalue weighted by atomic mass is 9.85. The molecule has 0 atom stereocenters. The van der Waals surface area contributed by atoms with Crippen molar-refractivity contribution in [2.45, 2.75) is 26.2 Å². The Labute approximate surface area is 326 Å². The highest BCUT2D eigenvalue weighted by atomic mass is 16.1. The van der Waals surface area contributed by atoms with Crippen LogP contribution in [-0.2, 0) is 5.41 Å². The average molecular weight is 734 g/mol. The largest absolute Gasteiger partial charge is 0.309 e. The van der Waals surface area contributed by atoms with Crippen LogP contribution >= 0.6 is 0 Å². The summed E-state index contributed by atoms with van der Waals surface area (Å²) in [6, 6.07) is 54.7. The number of hydrogen-bond donors (Lipinski definition) is 0. The van der Waals surface area contributed by atoms with E-state index in [4.69, 9.17) is 0 Å². The number of hydrogen-bond acceptors (Lipinski definition) is 2.